The third-order valence-corrected chi connectivity index (χ3v) is 5.56. The van der Waals surface area contributed by atoms with Crippen LogP contribution >= 0.6 is 28.1 Å². The molecule has 5 heteroatoms. The molecule has 0 saturated carbocycles. The van der Waals surface area contributed by atoms with E-state index in [0.29, 0.717) is 11.7 Å². The van der Waals surface area contributed by atoms with Crippen molar-refractivity contribution in [1.82, 2.24) is 10.6 Å². The van der Waals surface area contributed by atoms with Crippen LogP contribution in [0.2, 0.25) is 0 Å². The van der Waals surface area contributed by atoms with E-state index in [2.05, 4.69) is 63.0 Å². The van der Waals surface area contributed by atoms with Crippen LogP contribution in [0.15, 0.2) is 52.5 Å². The van der Waals surface area contributed by atoms with Crippen molar-refractivity contribution in [3.8, 4) is 5.75 Å². The number of benzene rings is 2. The molecule has 1 heterocycles. The minimum Gasteiger partial charge on any atom is -0.493 e. The van der Waals surface area contributed by atoms with Crippen molar-refractivity contribution in [1.29, 1.82) is 0 Å². The highest BCUT2D eigenvalue weighted by atomic mass is 79.9. The Hall–Kier alpha value is -1.85. The molecule has 0 bridgehead atoms. The monoisotopic (exact) mass is 414 g/mol. The van der Waals surface area contributed by atoms with E-state index in [1.165, 1.54) is 28.0 Å². The number of halogens is 1. The average molecular weight is 415 g/mol. The second kappa shape index (κ2) is 6.81. The molecule has 2 aromatic rings. The molecule has 0 saturated heterocycles. The van der Waals surface area contributed by atoms with Gasteiger partial charge in [0.15, 0.2) is 5.11 Å². The van der Waals surface area contributed by atoms with E-state index < -0.39 is 0 Å². The van der Waals surface area contributed by atoms with E-state index in [-0.39, 0.29) is 6.04 Å². The van der Waals surface area contributed by atoms with Crippen molar-refractivity contribution in [2.24, 2.45) is 0 Å². The van der Waals surface area contributed by atoms with Crippen LogP contribution in [0.1, 0.15) is 36.1 Å². The Balaban J connectivity index is 1.78. The SMILES string of the molecule is CCOc1ccc([C@H]2NC(=S)NC3=C2CCc2ccccc23)cc1Br. The van der Waals surface area contributed by atoms with Gasteiger partial charge in [-0.1, -0.05) is 30.3 Å². The molecule has 3 nitrogen and oxygen atoms in total. The van der Waals surface area contributed by atoms with Gasteiger partial charge in [0.1, 0.15) is 5.75 Å². The normalized spacial score (nSPS) is 18.8. The maximum Gasteiger partial charge on any atom is 0.171 e. The summed E-state index contributed by atoms with van der Waals surface area (Å²) in [6.45, 7) is 2.64. The first-order valence-electron chi connectivity index (χ1n) is 8.48. The lowest BCUT2D eigenvalue weighted by atomic mass is 9.83. The van der Waals surface area contributed by atoms with Gasteiger partial charge >= 0.3 is 0 Å². The summed E-state index contributed by atoms with van der Waals surface area (Å²) in [5, 5.41) is 7.50. The maximum absolute atomic E-state index is 5.64. The largest absolute Gasteiger partial charge is 0.493 e. The highest BCUT2D eigenvalue weighted by Gasteiger charge is 2.30. The van der Waals surface area contributed by atoms with Crippen LogP contribution in [0.4, 0.5) is 0 Å². The van der Waals surface area contributed by atoms with Crippen molar-refractivity contribution >= 4 is 39.0 Å². The van der Waals surface area contributed by atoms with Crippen molar-refractivity contribution in [2.75, 3.05) is 6.61 Å². The fourth-order valence-electron chi connectivity index (χ4n) is 3.61. The minimum atomic E-state index is 0.0871. The lowest BCUT2D eigenvalue weighted by Gasteiger charge is -2.36. The molecule has 0 radical (unpaired) electrons. The molecule has 0 aromatic heterocycles. The molecule has 2 N–H and O–H groups in total. The topological polar surface area (TPSA) is 33.3 Å². The Morgan fingerprint density at radius 1 is 1.20 bits per heavy atom. The van der Waals surface area contributed by atoms with Crippen LogP contribution in [0.3, 0.4) is 0 Å². The lowest BCUT2D eigenvalue weighted by Crippen LogP contribution is -2.44. The smallest absolute Gasteiger partial charge is 0.171 e. The second-order valence-corrected chi connectivity index (χ2v) is 7.47. The van der Waals surface area contributed by atoms with E-state index >= 15 is 0 Å². The summed E-state index contributed by atoms with van der Waals surface area (Å²) >= 11 is 9.11. The lowest BCUT2D eigenvalue weighted by molar-refractivity contribution is 0.338. The molecular formula is C20H19BrN2OS. The Labute approximate surface area is 161 Å². The van der Waals surface area contributed by atoms with Gasteiger partial charge in [0.2, 0.25) is 0 Å². The Morgan fingerprint density at radius 3 is 2.84 bits per heavy atom. The van der Waals surface area contributed by atoms with Crippen LogP contribution in [0, 0.1) is 0 Å². The zero-order valence-corrected chi connectivity index (χ0v) is 16.3. The number of hydrogen-bond donors (Lipinski definition) is 2. The predicted molar refractivity (Wildman–Crippen MR) is 109 cm³/mol. The van der Waals surface area contributed by atoms with Crippen molar-refractivity contribution in [3.63, 3.8) is 0 Å². The van der Waals surface area contributed by atoms with Gasteiger partial charge in [0.05, 0.1) is 17.1 Å². The molecule has 2 aromatic carbocycles. The summed E-state index contributed by atoms with van der Waals surface area (Å²) in [5.74, 6) is 0.867. The van der Waals surface area contributed by atoms with E-state index in [4.69, 9.17) is 17.0 Å². The van der Waals surface area contributed by atoms with Crippen LogP contribution in [0.5, 0.6) is 5.75 Å². The maximum atomic E-state index is 5.64. The second-order valence-electron chi connectivity index (χ2n) is 6.21. The summed E-state index contributed by atoms with van der Waals surface area (Å²) in [6.07, 6.45) is 2.07. The molecule has 25 heavy (non-hydrogen) atoms. The number of ether oxygens (including phenoxy) is 1. The van der Waals surface area contributed by atoms with E-state index in [0.717, 1.165) is 23.1 Å². The first kappa shape index (κ1) is 16.6. The first-order chi connectivity index (χ1) is 12.2. The van der Waals surface area contributed by atoms with Crippen LogP contribution in [0.25, 0.3) is 5.70 Å². The molecule has 4 rings (SSSR count). The highest BCUT2D eigenvalue weighted by molar-refractivity contribution is 9.10. The van der Waals surface area contributed by atoms with Gasteiger partial charge in [-0.05, 0) is 76.7 Å². The minimum absolute atomic E-state index is 0.0871. The third kappa shape index (κ3) is 3.07. The van der Waals surface area contributed by atoms with Crippen LogP contribution in [-0.4, -0.2) is 11.7 Å². The standard InChI is InChI=1S/C20H19BrN2OS/c1-2-24-17-10-8-13(11-16(17)21)18-15-9-7-12-5-3-4-6-14(12)19(15)23-20(25)22-18/h3-6,8,10-11,18H,2,7,9H2,1H3,(H2,22,23,25)/t18-/m1/s1. The van der Waals surface area contributed by atoms with E-state index in [9.17, 15) is 0 Å². The molecular weight excluding hydrogens is 396 g/mol. The van der Waals surface area contributed by atoms with Gasteiger partial charge in [-0.25, -0.2) is 0 Å². The summed E-state index contributed by atoms with van der Waals surface area (Å²) in [5.41, 5.74) is 6.36. The number of aryl methyl sites for hydroxylation is 1. The quantitative estimate of drug-likeness (QED) is 0.711. The molecule has 128 valence electrons. The molecule has 1 aliphatic heterocycles. The van der Waals surface area contributed by atoms with E-state index in [1.54, 1.807) is 0 Å². The van der Waals surface area contributed by atoms with Gasteiger partial charge in [0, 0.05) is 11.3 Å². The van der Waals surface area contributed by atoms with Gasteiger partial charge in [-0.2, -0.15) is 0 Å². The van der Waals surface area contributed by atoms with Crippen molar-refractivity contribution < 1.29 is 4.74 Å². The van der Waals surface area contributed by atoms with Gasteiger partial charge in [0.25, 0.3) is 0 Å². The number of fused-ring (bicyclic) bond motifs is 2. The molecule has 0 unspecified atom stereocenters. The first-order valence-corrected chi connectivity index (χ1v) is 9.68. The van der Waals surface area contributed by atoms with Crippen LogP contribution < -0.4 is 15.4 Å². The average Bonchev–Trinajstić information content (AvgIpc) is 2.63. The summed E-state index contributed by atoms with van der Waals surface area (Å²) in [6, 6.07) is 14.9. The summed E-state index contributed by atoms with van der Waals surface area (Å²) in [4.78, 5) is 0. The fourth-order valence-corrected chi connectivity index (χ4v) is 4.34. The van der Waals surface area contributed by atoms with Gasteiger partial charge in [-0.3, -0.25) is 0 Å². The fraction of sp³-hybridized carbons (Fsp3) is 0.250. The Kier molecular flexibility index (Phi) is 4.52. The molecule has 0 fully saturated rings. The molecule has 1 aliphatic carbocycles. The molecule has 0 spiro atoms. The number of nitrogens with one attached hydrogen (secondary N) is 2. The molecule has 0 amide bonds. The van der Waals surface area contributed by atoms with E-state index in [1.807, 2.05) is 13.0 Å². The Morgan fingerprint density at radius 2 is 2.04 bits per heavy atom. The highest BCUT2D eigenvalue weighted by Crippen LogP contribution is 2.40. The van der Waals surface area contributed by atoms with Crippen LogP contribution in [-0.2, 0) is 6.42 Å². The summed E-state index contributed by atoms with van der Waals surface area (Å²) in [7, 11) is 0. The predicted octanol–water partition coefficient (Wildman–Crippen LogP) is 4.72. The number of rotatable bonds is 3. The van der Waals surface area contributed by atoms with Crippen molar-refractivity contribution in [3.05, 3.63) is 69.2 Å². The molecule has 2 aliphatic rings. The number of hydrogen-bond acceptors (Lipinski definition) is 2. The van der Waals surface area contributed by atoms with Crippen molar-refractivity contribution in [2.45, 2.75) is 25.8 Å². The molecule has 1 atom stereocenters. The zero-order valence-electron chi connectivity index (χ0n) is 13.9. The van der Waals surface area contributed by atoms with Gasteiger partial charge < -0.3 is 15.4 Å². The Bertz CT molecular complexity index is 878. The third-order valence-electron chi connectivity index (χ3n) is 4.72. The zero-order chi connectivity index (χ0) is 17.4. The number of thiocarbonyl (C=S) groups is 1. The summed E-state index contributed by atoms with van der Waals surface area (Å²) < 4.78 is 6.60. The van der Waals surface area contributed by atoms with Gasteiger partial charge in [-0.15, -0.1) is 0 Å².